The highest BCUT2D eigenvalue weighted by atomic mass is 32.2. The number of anilines is 1. The lowest BCUT2D eigenvalue weighted by atomic mass is 10.1. The molecule has 0 amide bonds. The van der Waals surface area contributed by atoms with Gasteiger partial charge in [-0.2, -0.15) is 4.31 Å². The van der Waals surface area contributed by atoms with E-state index in [1.54, 1.807) is 16.4 Å². The van der Waals surface area contributed by atoms with Gasteiger partial charge in [0.2, 0.25) is 10.0 Å². The van der Waals surface area contributed by atoms with Crippen molar-refractivity contribution in [1.29, 1.82) is 0 Å². The Bertz CT molecular complexity index is 540. The number of rotatable bonds is 3. The second kappa shape index (κ2) is 4.90. The molecule has 2 rings (SSSR count). The van der Waals surface area contributed by atoms with Gasteiger partial charge in [-0.3, -0.25) is 0 Å². The Morgan fingerprint density at radius 2 is 2.17 bits per heavy atom. The van der Waals surface area contributed by atoms with Crippen molar-refractivity contribution in [1.82, 2.24) is 4.31 Å². The minimum absolute atomic E-state index is 0.374. The summed E-state index contributed by atoms with van der Waals surface area (Å²) in [7, 11) is -3.38. The average molecular weight is 268 g/mol. The molecule has 1 aliphatic heterocycles. The lowest BCUT2D eigenvalue weighted by Crippen LogP contribution is -2.29. The Kier molecular flexibility index (Phi) is 3.64. The lowest BCUT2D eigenvalue weighted by Gasteiger charge is -2.18. The van der Waals surface area contributed by atoms with Crippen LogP contribution >= 0.6 is 0 Å². The van der Waals surface area contributed by atoms with E-state index in [1.807, 2.05) is 13.0 Å². The molecule has 1 aromatic rings. The first-order valence-electron chi connectivity index (χ1n) is 6.33. The van der Waals surface area contributed by atoms with Crippen LogP contribution in [-0.4, -0.2) is 25.8 Å². The molecule has 0 radical (unpaired) electrons. The zero-order chi connectivity index (χ0) is 13.3. The number of aryl methyl sites for hydroxylation is 1. The van der Waals surface area contributed by atoms with E-state index in [1.165, 1.54) is 0 Å². The number of nitrogens with two attached hydrogens (primary N) is 1. The summed E-state index contributed by atoms with van der Waals surface area (Å²) in [4.78, 5) is 0.374. The maximum Gasteiger partial charge on any atom is 0.243 e. The van der Waals surface area contributed by atoms with Crippen LogP contribution in [0.2, 0.25) is 0 Å². The molecular formula is C13H20N2O2S. The van der Waals surface area contributed by atoms with Crippen molar-refractivity contribution in [2.75, 3.05) is 18.8 Å². The molecule has 1 atom stereocenters. The van der Waals surface area contributed by atoms with E-state index in [0.29, 0.717) is 36.0 Å². The second-order valence-corrected chi connectivity index (χ2v) is 6.88. The number of nitrogens with zero attached hydrogens (tertiary/aromatic N) is 1. The smallest absolute Gasteiger partial charge is 0.243 e. The van der Waals surface area contributed by atoms with Gasteiger partial charge in [-0.05, 0) is 36.5 Å². The molecule has 4 nitrogen and oxygen atoms in total. The van der Waals surface area contributed by atoms with E-state index in [4.69, 9.17) is 5.73 Å². The Hall–Kier alpha value is -1.07. The molecule has 1 aliphatic rings. The van der Waals surface area contributed by atoms with E-state index in [2.05, 4.69) is 6.92 Å². The van der Waals surface area contributed by atoms with E-state index in [0.717, 1.165) is 12.0 Å². The van der Waals surface area contributed by atoms with Crippen LogP contribution in [0.1, 0.15) is 25.8 Å². The van der Waals surface area contributed by atoms with Gasteiger partial charge in [-0.25, -0.2) is 8.42 Å². The largest absolute Gasteiger partial charge is 0.399 e. The Balaban J connectivity index is 2.43. The van der Waals surface area contributed by atoms with Crippen molar-refractivity contribution in [3.05, 3.63) is 23.8 Å². The number of nitrogen functional groups attached to an aromatic ring is 1. The zero-order valence-corrected chi connectivity index (χ0v) is 11.7. The molecule has 1 fully saturated rings. The van der Waals surface area contributed by atoms with Gasteiger partial charge in [0, 0.05) is 18.8 Å². The fourth-order valence-electron chi connectivity index (χ4n) is 2.36. The first-order chi connectivity index (χ1) is 8.45. The molecular weight excluding hydrogens is 248 g/mol. The zero-order valence-electron chi connectivity index (χ0n) is 10.9. The monoisotopic (exact) mass is 268 g/mol. The highest BCUT2D eigenvalue weighted by Crippen LogP contribution is 2.27. The summed E-state index contributed by atoms with van der Waals surface area (Å²) < 4.78 is 26.7. The van der Waals surface area contributed by atoms with E-state index < -0.39 is 10.0 Å². The molecule has 0 spiro atoms. The predicted molar refractivity (Wildman–Crippen MR) is 72.8 cm³/mol. The third kappa shape index (κ3) is 2.37. The highest BCUT2D eigenvalue weighted by molar-refractivity contribution is 7.89. The second-order valence-electron chi connectivity index (χ2n) is 4.98. The van der Waals surface area contributed by atoms with Crippen LogP contribution in [0.4, 0.5) is 5.69 Å². The summed E-state index contributed by atoms with van der Waals surface area (Å²) in [5.41, 5.74) is 7.06. The molecule has 0 bridgehead atoms. The maximum absolute atomic E-state index is 12.6. The molecule has 1 heterocycles. The van der Waals surface area contributed by atoms with Crippen molar-refractivity contribution in [3.63, 3.8) is 0 Å². The molecule has 2 N–H and O–H groups in total. The van der Waals surface area contributed by atoms with Gasteiger partial charge in [0.05, 0.1) is 4.90 Å². The van der Waals surface area contributed by atoms with Crippen LogP contribution in [0.25, 0.3) is 0 Å². The van der Waals surface area contributed by atoms with Crippen LogP contribution in [0.15, 0.2) is 23.1 Å². The number of benzene rings is 1. The quantitative estimate of drug-likeness (QED) is 0.851. The minimum Gasteiger partial charge on any atom is -0.399 e. The first-order valence-corrected chi connectivity index (χ1v) is 7.77. The molecule has 0 aromatic heterocycles. The molecule has 18 heavy (non-hydrogen) atoms. The summed E-state index contributed by atoms with van der Waals surface area (Å²) in [6.45, 7) is 5.26. The van der Waals surface area contributed by atoms with E-state index in [-0.39, 0.29) is 0 Å². The molecule has 1 unspecified atom stereocenters. The summed E-state index contributed by atoms with van der Waals surface area (Å²) in [5.74, 6) is 0.436. The lowest BCUT2D eigenvalue weighted by molar-refractivity contribution is 0.464. The van der Waals surface area contributed by atoms with Gasteiger partial charge < -0.3 is 5.73 Å². The van der Waals surface area contributed by atoms with Crippen LogP contribution in [0.3, 0.4) is 0 Å². The Labute approximate surface area is 109 Å². The van der Waals surface area contributed by atoms with Gasteiger partial charge in [-0.15, -0.1) is 0 Å². The Morgan fingerprint density at radius 1 is 1.44 bits per heavy atom. The van der Waals surface area contributed by atoms with Crippen molar-refractivity contribution >= 4 is 15.7 Å². The van der Waals surface area contributed by atoms with Crippen molar-refractivity contribution < 1.29 is 8.42 Å². The Morgan fingerprint density at radius 3 is 2.72 bits per heavy atom. The van der Waals surface area contributed by atoms with Crippen LogP contribution < -0.4 is 5.73 Å². The van der Waals surface area contributed by atoms with Crippen molar-refractivity contribution in [2.45, 2.75) is 31.6 Å². The van der Waals surface area contributed by atoms with Gasteiger partial charge in [0.15, 0.2) is 0 Å². The molecule has 100 valence electrons. The van der Waals surface area contributed by atoms with Crippen LogP contribution in [-0.2, 0) is 16.4 Å². The maximum atomic E-state index is 12.6. The first kappa shape index (κ1) is 13.4. The van der Waals surface area contributed by atoms with Crippen molar-refractivity contribution in [3.8, 4) is 0 Å². The van der Waals surface area contributed by atoms with Crippen molar-refractivity contribution in [2.24, 2.45) is 5.92 Å². The number of hydrogen-bond donors (Lipinski definition) is 1. The summed E-state index contributed by atoms with van der Waals surface area (Å²) >= 11 is 0. The third-order valence-corrected chi connectivity index (χ3v) is 5.42. The van der Waals surface area contributed by atoms with E-state index in [9.17, 15) is 8.42 Å². The van der Waals surface area contributed by atoms with Gasteiger partial charge in [0.25, 0.3) is 0 Å². The standard InChI is InChI=1S/C13H20N2O2S/c1-3-11-4-5-12(14)8-13(11)18(16,17)15-7-6-10(2)9-15/h4-5,8,10H,3,6-7,9,14H2,1-2H3. The molecule has 0 aliphatic carbocycles. The molecule has 0 saturated carbocycles. The van der Waals surface area contributed by atoms with Gasteiger partial charge >= 0.3 is 0 Å². The van der Waals surface area contributed by atoms with Crippen LogP contribution in [0.5, 0.6) is 0 Å². The molecule has 1 aromatic carbocycles. The predicted octanol–water partition coefficient (Wildman–Crippen LogP) is 1.86. The average Bonchev–Trinajstić information content (AvgIpc) is 2.76. The third-order valence-electron chi connectivity index (χ3n) is 3.48. The minimum atomic E-state index is -3.38. The summed E-state index contributed by atoms with van der Waals surface area (Å²) in [6, 6.07) is 5.14. The van der Waals surface area contributed by atoms with Crippen LogP contribution in [0, 0.1) is 5.92 Å². The molecule has 5 heteroatoms. The highest BCUT2D eigenvalue weighted by Gasteiger charge is 2.31. The summed E-state index contributed by atoms with van der Waals surface area (Å²) in [6.07, 6.45) is 1.63. The van der Waals surface area contributed by atoms with E-state index >= 15 is 0 Å². The molecule has 1 saturated heterocycles. The number of hydrogen-bond acceptors (Lipinski definition) is 3. The fraction of sp³-hybridized carbons (Fsp3) is 0.538. The number of sulfonamides is 1. The van der Waals surface area contributed by atoms with Gasteiger partial charge in [-0.1, -0.05) is 19.9 Å². The summed E-state index contributed by atoms with van der Waals surface area (Å²) in [5, 5.41) is 0. The fourth-order valence-corrected chi connectivity index (χ4v) is 4.26. The topological polar surface area (TPSA) is 63.4 Å². The normalized spacial score (nSPS) is 21.3. The van der Waals surface area contributed by atoms with Gasteiger partial charge in [0.1, 0.15) is 0 Å². The SMILES string of the molecule is CCc1ccc(N)cc1S(=O)(=O)N1CCC(C)C1.